The largest absolute Gasteiger partial charge is 0.212 e. The van der Waals surface area contributed by atoms with Crippen LogP contribution in [-0.4, -0.2) is 0 Å². The van der Waals surface area contributed by atoms with Gasteiger partial charge < -0.3 is 0 Å². The van der Waals surface area contributed by atoms with E-state index in [1.54, 1.807) is 6.07 Å². The standard InChI is InChI=1S/C24H28N/c1-17(2)13-20-11-12-25(5)24(15-20)23-16-22(18(3)14-19(23)4)21-9-7-6-8-10-21/h6-12,14-17H,13H2,1-5H3/q+1/i3D3,13D2. The molecule has 0 aliphatic rings. The molecule has 128 valence electrons. The van der Waals surface area contributed by atoms with Gasteiger partial charge in [0.15, 0.2) is 6.20 Å². The molecule has 1 heteroatoms. The number of pyridine rings is 1. The van der Waals surface area contributed by atoms with Gasteiger partial charge in [0.1, 0.15) is 7.05 Å². The SMILES string of the molecule is [2H]C([2H])([2H])c1cc(C)c(-c2cc(C([2H])([2H])C(C)C)cc[n+]2C)cc1-c1ccccc1. The maximum atomic E-state index is 8.48. The number of rotatable bonds is 4. The first-order valence-corrected chi connectivity index (χ1v) is 8.64. The summed E-state index contributed by atoms with van der Waals surface area (Å²) >= 11 is 0. The van der Waals surface area contributed by atoms with E-state index >= 15 is 0 Å². The van der Waals surface area contributed by atoms with E-state index in [0.29, 0.717) is 16.7 Å². The molecule has 0 saturated heterocycles. The van der Waals surface area contributed by atoms with Crippen LogP contribution < -0.4 is 4.57 Å². The van der Waals surface area contributed by atoms with E-state index in [1.807, 2.05) is 87.1 Å². The zero-order valence-electron chi connectivity index (χ0n) is 20.3. The topological polar surface area (TPSA) is 3.88 Å². The molecule has 0 unspecified atom stereocenters. The maximum Gasteiger partial charge on any atom is 0.212 e. The summed E-state index contributed by atoms with van der Waals surface area (Å²) in [6.45, 7) is 3.42. The van der Waals surface area contributed by atoms with Gasteiger partial charge in [0.2, 0.25) is 5.69 Å². The molecule has 0 radical (unpaired) electrons. The van der Waals surface area contributed by atoms with Crippen molar-refractivity contribution in [1.29, 1.82) is 0 Å². The van der Waals surface area contributed by atoms with Crippen LogP contribution in [0.4, 0.5) is 0 Å². The van der Waals surface area contributed by atoms with Gasteiger partial charge in [-0.05, 0) is 60.0 Å². The summed E-state index contributed by atoms with van der Waals surface area (Å²) in [5.74, 6) is -0.169. The monoisotopic (exact) mass is 335 g/mol. The maximum absolute atomic E-state index is 8.48. The van der Waals surface area contributed by atoms with Crippen molar-refractivity contribution in [2.75, 3.05) is 0 Å². The Hall–Kier alpha value is -2.41. The first-order valence-electron chi connectivity index (χ1n) is 11.1. The van der Waals surface area contributed by atoms with Crippen molar-refractivity contribution >= 4 is 0 Å². The second-order valence-corrected chi connectivity index (χ2v) is 6.79. The third kappa shape index (κ3) is 3.82. The van der Waals surface area contributed by atoms with Crippen molar-refractivity contribution in [3.8, 4) is 22.4 Å². The fourth-order valence-corrected chi connectivity index (χ4v) is 3.10. The molecular weight excluding hydrogens is 302 g/mol. The summed E-state index contributed by atoms with van der Waals surface area (Å²) in [4.78, 5) is 0. The molecule has 2 aromatic carbocycles. The van der Waals surface area contributed by atoms with Crippen LogP contribution in [0.25, 0.3) is 22.4 Å². The van der Waals surface area contributed by atoms with E-state index in [1.165, 1.54) is 0 Å². The zero-order chi connectivity index (χ0) is 22.3. The van der Waals surface area contributed by atoms with Gasteiger partial charge in [-0.2, -0.15) is 0 Å². The highest BCUT2D eigenvalue weighted by Crippen LogP contribution is 2.31. The van der Waals surface area contributed by atoms with Gasteiger partial charge in [0.05, 0.1) is 0 Å². The van der Waals surface area contributed by atoms with Crippen molar-refractivity contribution in [3.05, 3.63) is 77.5 Å². The van der Waals surface area contributed by atoms with E-state index in [0.717, 1.165) is 22.4 Å². The van der Waals surface area contributed by atoms with Crippen molar-refractivity contribution in [1.82, 2.24) is 0 Å². The van der Waals surface area contributed by atoms with Gasteiger partial charge in [-0.15, -0.1) is 0 Å². The van der Waals surface area contributed by atoms with Crippen LogP contribution in [0.2, 0.25) is 0 Å². The van der Waals surface area contributed by atoms with Crippen LogP contribution in [0.3, 0.4) is 0 Å². The van der Waals surface area contributed by atoms with E-state index in [4.69, 9.17) is 6.85 Å². The predicted molar refractivity (Wildman–Crippen MR) is 107 cm³/mol. The average molecular weight is 336 g/mol. The lowest BCUT2D eigenvalue weighted by atomic mass is 9.92. The number of aromatic nitrogens is 1. The highest BCUT2D eigenvalue weighted by molar-refractivity contribution is 5.75. The molecule has 25 heavy (non-hydrogen) atoms. The molecule has 3 aromatic rings. The minimum atomic E-state index is -2.23. The highest BCUT2D eigenvalue weighted by Gasteiger charge is 2.16. The van der Waals surface area contributed by atoms with Gasteiger partial charge in [0.25, 0.3) is 0 Å². The lowest BCUT2D eigenvalue weighted by molar-refractivity contribution is -0.660. The molecule has 0 saturated carbocycles. The smallest absolute Gasteiger partial charge is 0.201 e. The lowest BCUT2D eigenvalue weighted by Crippen LogP contribution is -2.31. The molecule has 1 nitrogen and oxygen atoms in total. The summed E-state index contributed by atoms with van der Waals surface area (Å²) in [6, 6.07) is 16.9. The first kappa shape index (κ1) is 12.0. The Morgan fingerprint density at radius 3 is 2.44 bits per heavy atom. The van der Waals surface area contributed by atoms with Crippen molar-refractivity contribution < 1.29 is 11.4 Å². The second-order valence-electron chi connectivity index (χ2n) is 6.79. The average Bonchev–Trinajstić information content (AvgIpc) is 2.68. The molecule has 0 aliphatic carbocycles. The molecule has 1 heterocycles. The Balaban J connectivity index is 2.28. The van der Waals surface area contributed by atoms with Gasteiger partial charge >= 0.3 is 0 Å². The molecule has 0 atom stereocenters. The van der Waals surface area contributed by atoms with Crippen LogP contribution in [0.1, 0.15) is 37.4 Å². The summed E-state index contributed by atoms with van der Waals surface area (Å²) < 4.78 is 43.0. The molecular formula is C24H28N+. The van der Waals surface area contributed by atoms with Gasteiger partial charge in [-0.25, -0.2) is 4.57 Å². The fraction of sp³-hybridized carbons (Fsp3) is 0.292. The number of hydrogen-bond acceptors (Lipinski definition) is 0. The molecule has 0 N–H and O–H groups in total. The molecule has 0 aliphatic heterocycles. The zero-order valence-corrected chi connectivity index (χ0v) is 15.3. The van der Waals surface area contributed by atoms with Gasteiger partial charge in [-0.3, -0.25) is 0 Å². The van der Waals surface area contributed by atoms with E-state index in [2.05, 4.69) is 0 Å². The molecule has 0 spiro atoms. The number of benzene rings is 2. The summed E-state index contributed by atoms with van der Waals surface area (Å²) in [7, 11) is 1.92. The second kappa shape index (κ2) is 7.23. The number of aryl methyl sites for hydroxylation is 3. The molecule has 0 amide bonds. The van der Waals surface area contributed by atoms with Gasteiger partial charge in [-0.1, -0.05) is 50.2 Å². The minimum absolute atomic E-state index is 0.169. The summed E-state index contributed by atoms with van der Waals surface area (Å²) in [5, 5.41) is 0. The van der Waals surface area contributed by atoms with E-state index in [9.17, 15) is 0 Å². The Morgan fingerprint density at radius 2 is 1.76 bits per heavy atom. The molecule has 1 aromatic heterocycles. The van der Waals surface area contributed by atoms with Crippen molar-refractivity contribution in [2.24, 2.45) is 13.0 Å². The Kier molecular flexibility index (Phi) is 3.48. The predicted octanol–water partition coefficient (Wildman–Crippen LogP) is 5.66. The highest BCUT2D eigenvalue weighted by atomic mass is 14.9. The minimum Gasteiger partial charge on any atom is -0.201 e. The van der Waals surface area contributed by atoms with Crippen LogP contribution in [0.15, 0.2) is 60.8 Å². The molecule has 3 rings (SSSR count). The summed E-state index contributed by atoms with van der Waals surface area (Å²) in [5.41, 5.74) is 5.06. The first-order chi connectivity index (χ1) is 13.9. The van der Waals surface area contributed by atoms with E-state index < -0.39 is 13.2 Å². The Labute approximate surface area is 159 Å². The fourth-order valence-electron chi connectivity index (χ4n) is 3.10. The van der Waals surface area contributed by atoms with Crippen molar-refractivity contribution in [3.63, 3.8) is 0 Å². The van der Waals surface area contributed by atoms with Crippen LogP contribution in [0.5, 0.6) is 0 Å². The third-order valence-electron chi connectivity index (χ3n) is 4.33. The normalized spacial score (nSPS) is 15.2. The molecule has 0 bridgehead atoms. The number of hydrogen-bond donors (Lipinski definition) is 0. The van der Waals surface area contributed by atoms with Crippen molar-refractivity contribution in [2.45, 2.75) is 34.0 Å². The Bertz CT molecular complexity index is 1050. The van der Waals surface area contributed by atoms with Crippen LogP contribution in [-0.2, 0) is 13.4 Å². The third-order valence-corrected chi connectivity index (χ3v) is 4.33. The molecule has 0 fully saturated rings. The number of nitrogens with zero attached hydrogens (tertiary/aromatic N) is 1. The Morgan fingerprint density at radius 1 is 1.00 bits per heavy atom. The van der Waals surface area contributed by atoms with Crippen LogP contribution >= 0.6 is 0 Å². The van der Waals surface area contributed by atoms with Gasteiger partial charge in [0, 0.05) is 24.5 Å². The summed E-state index contributed by atoms with van der Waals surface area (Å²) in [6.07, 6.45) is 0.405. The quantitative estimate of drug-likeness (QED) is 0.542. The van der Waals surface area contributed by atoms with E-state index in [-0.39, 0.29) is 5.92 Å². The lowest BCUT2D eigenvalue weighted by Gasteiger charge is -2.13. The van der Waals surface area contributed by atoms with Crippen LogP contribution in [0, 0.1) is 19.7 Å².